The Labute approximate surface area is 129 Å². The smallest absolute Gasteiger partial charge is 0.319 e. The molecule has 1 aliphatic rings. The lowest BCUT2D eigenvalue weighted by Gasteiger charge is -2.36. The summed E-state index contributed by atoms with van der Waals surface area (Å²) in [6.45, 7) is 12.3. The zero-order valence-electron chi connectivity index (χ0n) is 14.4. The van der Waals surface area contributed by atoms with Crippen LogP contribution in [0.1, 0.15) is 67.2 Å². The summed E-state index contributed by atoms with van der Waals surface area (Å²) in [4.78, 5) is 24.6. The zero-order chi connectivity index (χ0) is 16.3. The van der Waals surface area contributed by atoms with Gasteiger partial charge in [-0.3, -0.25) is 9.59 Å². The lowest BCUT2D eigenvalue weighted by molar-refractivity contribution is -0.157. The summed E-state index contributed by atoms with van der Waals surface area (Å²) in [6.07, 6.45) is 4.19. The van der Waals surface area contributed by atoms with Crippen molar-refractivity contribution in [3.63, 3.8) is 0 Å². The van der Waals surface area contributed by atoms with E-state index in [1.165, 1.54) is 0 Å². The Kier molecular flexibility index (Phi) is 5.83. The minimum absolute atomic E-state index is 0.185. The fourth-order valence-electron chi connectivity index (χ4n) is 2.91. The van der Waals surface area contributed by atoms with Crippen LogP contribution in [0.15, 0.2) is 0 Å². The highest BCUT2D eigenvalue weighted by Gasteiger charge is 2.40. The Morgan fingerprint density at radius 3 is 2.19 bits per heavy atom. The van der Waals surface area contributed by atoms with E-state index in [-0.39, 0.29) is 11.9 Å². The summed E-state index contributed by atoms with van der Waals surface area (Å²) in [5.74, 6) is -1.35. The number of carbonyl (C=O) groups excluding carboxylic acids is 2. The van der Waals surface area contributed by atoms with Crippen LogP contribution in [-0.2, 0) is 14.3 Å². The quantitative estimate of drug-likeness (QED) is 0.640. The molecule has 0 bridgehead atoms. The van der Waals surface area contributed by atoms with E-state index in [2.05, 4.69) is 19.2 Å². The van der Waals surface area contributed by atoms with Crippen molar-refractivity contribution in [1.29, 1.82) is 0 Å². The van der Waals surface area contributed by atoms with Gasteiger partial charge in [0.15, 0.2) is 0 Å². The van der Waals surface area contributed by atoms with Crippen LogP contribution in [0.25, 0.3) is 0 Å². The zero-order valence-corrected chi connectivity index (χ0v) is 14.4. The van der Waals surface area contributed by atoms with Gasteiger partial charge < -0.3 is 10.1 Å². The maximum absolute atomic E-state index is 12.5. The normalized spacial score (nSPS) is 20.7. The third-order valence-electron chi connectivity index (χ3n) is 4.34. The maximum Gasteiger partial charge on any atom is 0.319 e. The van der Waals surface area contributed by atoms with Gasteiger partial charge in [0.2, 0.25) is 5.91 Å². The third-order valence-corrected chi connectivity index (χ3v) is 4.34. The van der Waals surface area contributed by atoms with Crippen LogP contribution < -0.4 is 5.32 Å². The van der Waals surface area contributed by atoms with Crippen molar-refractivity contribution >= 4 is 11.9 Å². The molecule has 1 fully saturated rings. The summed E-state index contributed by atoms with van der Waals surface area (Å²) in [7, 11) is 0. The van der Waals surface area contributed by atoms with E-state index in [0.717, 1.165) is 25.7 Å². The predicted molar refractivity (Wildman–Crippen MR) is 83.8 cm³/mol. The Balaban J connectivity index is 2.68. The highest BCUT2D eigenvalue weighted by molar-refractivity contribution is 5.98. The second-order valence-electron chi connectivity index (χ2n) is 8.00. The Morgan fingerprint density at radius 1 is 1.24 bits per heavy atom. The topological polar surface area (TPSA) is 55.4 Å². The first kappa shape index (κ1) is 18.0. The number of carbonyl (C=O) groups is 2. The minimum atomic E-state index is -0.743. The fourth-order valence-corrected chi connectivity index (χ4v) is 2.91. The van der Waals surface area contributed by atoms with E-state index in [9.17, 15) is 9.59 Å². The molecule has 1 N–H and O–H groups in total. The molecule has 0 saturated heterocycles. The second-order valence-corrected chi connectivity index (χ2v) is 8.00. The van der Waals surface area contributed by atoms with Crippen LogP contribution in [-0.4, -0.2) is 24.5 Å². The van der Waals surface area contributed by atoms with E-state index >= 15 is 0 Å². The van der Waals surface area contributed by atoms with Gasteiger partial charge in [0.05, 0.1) is 6.61 Å². The highest BCUT2D eigenvalue weighted by atomic mass is 16.5. The first-order chi connectivity index (χ1) is 9.57. The van der Waals surface area contributed by atoms with Gasteiger partial charge in [-0.2, -0.15) is 0 Å². The van der Waals surface area contributed by atoms with E-state index in [1.54, 1.807) is 6.92 Å². The summed E-state index contributed by atoms with van der Waals surface area (Å²) in [5, 5.41) is 3.06. The molecular formula is C17H31NO3. The molecular weight excluding hydrogens is 266 g/mol. The molecule has 122 valence electrons. The monoisotopic (exact) mass is 297 g/mol. The van der Waals surface area contributed by atoms with E-state index in [0.29, 0.717) is 12.0 Å². The number of esters is 1. The number of nitrogens with one attached hydrogen (secondary N) is 1. The third kappa shape index (κ3) is 5.33. The molecule has 0 radical (unpaired) electrons. The average Bonchev–Trinajstić information content (AvgIpc) is 2.30. The summed E-state index contributed by atoms with van der Waals surface area (Å²) >= 11 is 0. The van der Waals surface area contributed by atoms with Crippen LogP contribution in [0.2, 0.25) is 0 Å². The number of rotatable bonds is 4. The molecule has 1 atom stereocenters. The van der Waals surface area contributed by atoms with Gasteiger partial charge in [-0.15, -0.1) is 0 Å². The van der Waals surface area contributed by atoms with Gasteiger partial charge >= 0.3 is 5.97 Å². The number of amides is 1. The summed E-state index contributed by atoms with van der Waals surface area (Å²) < 4.78 is 5.07. The average molecular weight is 297 g/mol. The molecule has 1 unspecified atom stereocenters. The van der Waals surface area contributed by atoms with Crippen LogP contribution in [0.4, 0.5) is 0 Å². The van der Waals surface area contributed by atoms with Crippen LogP contribution >= 0.6 is 0 Å². The number of ether oxygens (including phenoxy) is 1. The van der Waals surface area contributed by atoms with Crippen molar-refractivity contribution in [3.8, 4) is 0 Å². The van der Waals surface area contributed by atoms with Crippen LogP contribution in [0.3, 0.4) is 0 Å². The van der Waals surface area contributed by atoms with Crippen molar-refractivity contribution in [2.75, 3.05) is 6.61 Å². The second kappa shape index (κ2) is 6.80. The molecule has 21 heavy (non-hydrogen) atoms. The number of hydrogen-bond donors (Lipinski definition) is 1. The summed E-state index contributed by atoms with van der Waals surface area (Å²) in [5.41, 5.74) is -0.0733. The molecule has 0 aromatic carbocycles. The van der Waals surface area contributed by atoms with Crippen LogP contribution in [0.5, 0.6) is 0 Å². The summed E-state index contributed by atoms with van der Waals surface area (Å²) in [6, 6.07) is 0.185. The first-order valence-corrected chi connectivity index (χ1v) is 8.04. The van der Waals surface area contributed by atoms with Crippen molar-refractivity contribution in [2.24, 2.45) is 16.7 Å². The van der Waals surface area contributed by atoms with E-state index in [1.807, 2.05) is 20.8 Å². The molecule has 0 aromatic rings. The highest BCUT2D eigenvalue weighted by Crippen LogP contribution is 2.35. The molecule has 0 aromatic heterocycles. The largest absolute Gasteiger partial charge is 0.465 e. The Hall–Kier alpha value is -1.06. The van der Waals surface area contributed by atoms with Crippen molar-refractivity contribution in [1.82, 2.24) is 5.32 Å². The molecule has 4 heteroatoms. The predicted octanol–water partition coefficient (Wildman–Crippen LogP) is 3.30. The molecule has 1 saturated carbocycles. The standard InChI is InChI=1S/C17H31NO3/c1-7-21-15(20)13(16(2,3)4)14(19)18-12-8-10-17(5,6)11-9-12/h12-13H,7-11H2,1-6H3,(H,18,19). The molecule has 0 spiro atoms. The van der Waals surface area contributed by atoms with Gasteiger partial charge in [-0.1, -0.05) is 34.6 Å². The Morgan fingerprint density at radius 2 is 1.76 bits per heavy atom. The lowest BCUT2D eigenvalue weighted by Crippen LogP contribution is -2.48. The molecule has 0 aliphatic heterocycles. The molecule has 4 nitrogen and oxygen atoms in total. The molecule has 1 amide bonds. The van der Waals surface area contributed by atoms with Crippen LogP contribution in [0, 0.1) is 16.7 Å². The molecule has 1 rings (SSSR count). The lowest BCUT2D eigenvalue weighted by atomic mass is 9.75. The Bertz CT molecular complexity index is 372. The van der Waals surface area contributed by atoms with Crippen molar-refractivity contribution in [3.05, 3.63) is 0 Å². The SMILES string of the molecule is CCOC(=O)C(C(=O)NC1CCC(C)(C)CC1)C(C)(C)C. The molecule has 0 heterocycles. The number of hydrogen-bond acceptors (Lipinski definition) is 3. The van der Waals surface area contributed by atoms with Crippen molar-refractivity contribution < 1.29 is 14.3 Å². The van der Waals surface area contributed by atoms with Gasteiger partial charge in [-0.05, 0) is 43.4 Å². The van der Waals surface area contributed by atoms with Gasteiger partial charge in [0.25, 0.3) is 0 Å². The fraction of sp³-hybridized carbons (Fsp3) is 0.882. The van der Waals surface area contributed by atoms with E-state index < -0.39 is 17.3 Å². The van der Waals surface area contributed by atoms with Crippen molar-refractivity contribution in [2.45, 2.75) is 73.3 Å². The van der Waals surface area contributed by atoms with Gasteiger partial charge in [0.1, 0.15) is 5.92 Å². The van der Waals surface area contributed by atoms with E-state index in [4.69, 9.17) is 4.74 Å². The van der Waals surface area contributed by atoms with Gasteiger partial charge in [-0.25, -0.2) is 0 Å². The minimum Gasteiger partial charge on any atom is -0.465 e. The van der Waals surface area contributed by atoms with Gasteiger partial charge in [0, 0.05) is 6.04 Å². The molecule has 1 aliphatic carbocycles. The first-order valence-electron chi connectivity index (χ1n) is 8.04. The maximum atomic E-state index is 12.5.